The highest BCUT2D eigenvalue weighted by molar-refractivity contribution is 7.92. The number of anilines is 1. The first-order valence-electron chi connectivity index (χ1n) is 10.4. The molecule has 3 aromatic rings. The van der Waals surface area contributed by atoms with Crippen molar-refractivity contribution in [3.05, 3.63) is 90.0 Å². The highest BCUT2D eigenvalue weighted by Crippen LogP contribution is 2.21. The number of hydrogen-bond donors (Lipinski definition) is 3. The number of imide groups is 1. The highest BCUT2D eigenvalue weighted by atomic mass is 32.2. The number of carbonyl (C=O) groups excluding carboxylic acids is 3. The molecule has 0 saturated carbocycles. The van der Waals surface area contributed by atoms with E-state index in [1.54, 1.807) is 24.3 Å². The molecule has 0 spiro atoms. The normalized spacial score (nSPS) is 10.7. The molecule has 0 aliphatic heterocycles. The predicted octanol–water partition coefficient (Wildman–Crippen LogP) is 2.68. The molecule has 0 fully saturated rings. The third-order valence-electron chi connectivity index (χ3n) is 4.55. The molecule has 0 unspecified atom stereocenters. The van der Waals surface area contributed by atoms with E-state index >= 15 is 0 Å². The fraction of sp³-hybridized carbons (Fsp3) is 0.125. The second kappa shape index (κ2) is 11.7. The second-order valence-corrected chi connectivity index (χ2v) is 8.82. The van der Waals surface area contributed by atoms with Crippen molar-refractivity contribution in [3.63, 3.8) is 0 Å². The number of sulfonamides is 1. The molecule has 35 heavy (non-hydrogen) atoms. The number of urea groups is 1. The lowest BCUT2D eigenvalue weighted by Gasteiger charge is -2.11. The Kier molecular flexibility index (Phi) is 8.41. The Hall–Kier alpha value is -4.38. The summed E-state index contributed by atoms with van der Waals surface area (Å²) in [6.45, 7) is -0.331. The monoisotopic (exact) mass is 497 g/mol. The summed E-state index contributed by atoms with van der Waals surface area (Å²) >= 11 is 0. The van der Waals surface area contributed by atoms with E-state index < -0.39 is 34.5 Å². The lowest BCUT2D eigenvalue weighted by molar-refractivity contribution is -0.123. The summed E-state index contributed by atoms with van der Waals surface area (Å²) in [4.78, 5) is 34.7. The van der Waals surface area contributed by atoms with Gasteiger partial charge in [-0.15, -0.1) is 0 Å². The van der Waals surface area contributed by atoms with Crippen LogP contribution >= 0.6 is 0 Å². The van der Waals surface area contributed by atoms with E-state index in [0.29, 0.717) is 18.0 Å². The van der Waals surface area contributed by atoms with Crippen molar-refractivity contribution < 1.29 is 32.3 Å². The van der Waals surface area contributed by atoms with E-state index in [0.717, 1.165) is 11.6 Å². The number of rotatable bonds is 9. The maximum Gasteiger partial charge on any atom is 0.338 e. The SMILES string of the molecule is CNC(=O)NC(=O)COC(=O)c1cccc(S(=O)(=O)Nc2ccc(OCc3ccccc3)cc2)c1. The van der Waals surface area contributed by atoms with Gasteiger partial charge in [0.1, 0.15) is 12.4 Å². The van der Waals surface area contributed by atoms with Gasteiger partial charge in [-0.25, -0.2) is 18.0 Å². The van der Waals surface area contributed by atoms with Crippen molar-refractivity contribution in [1.29, 1.82) is 0 Å². The summed E-state index contributed by atoms with van der Waals surface area (Å²) in [7, 11) is -2.70. The minimum atomic E-state index is -4.02. The summed E-state index contributed by atoms with van der Waals surface area (Å²) in [5, 5.41) is 4.12. The first-order valence-corrected chi connectivity index (χ1v) is 11.8. The summed E-state index contributed by atoms with van der Waals surface area (Å²) in [6.07, 6.45) is 0. The Morgan fingerprint density at radius 1 is 0.886 bits per heavy atom. The van der Waals surface area contributed by atoms with Crippen molar-refractivity contribution in [2.45, 2.75) is 11.5 Å². The second-order valence-electron chi connectivity index (χ2n) is 7.14. The summed E-state index contributed by atoms with van der Waals surface area (Å²) < 4.78 is 38.5. The van der Waals surface area contributed by atoms with Crippen molar-refractivity contribution in [2.75, 3.05) is 18.4 Å². The zero-order valence-corrected chi connectivity index (χ0v) is 19.5. The number of ether oxygens (including phenoxy) is 2. The standard InChI is InChI=1S/C24H23N3O7S/c1-25-24(30)26-22(28)16-34-23(29)18-8-5-9-21(14-18)35(31,32)27-19-10-12-20(13-11-19)33-15-17-6-3-2-4-7-17/h2-14,27H,15-16H2,1H3,(H2,25,26,28,30). The van der Waals surface area contributed by atoms with Crippen LogP contribution in [0.15, 0.2) is 83.8 Å². The van der Waals surface area contributed by atoms with Crippen LogP contribution in [-0.4, -0.2) is 40.0 Å². The Morgan fingerprint density at radius 3 is 2.29 bits per heavy atom. The third-order valence-corrected chi connectivity index (χ3v) is 5.93. The van der Waals surface area contributed by atoms with Crippen LogP contribution in [0, 0.1) is 0 Å². The molecular weight excluding hydrogens is 474 g/mol. The van der Waals surface area contributed by atoms with Gasteiger partial charge in [0.25, 0.3) is 15.9 Å². The van der Waals surface area contributed by atoms with Crippen molar-refractivity contribution >= 4 is 33.6 Å². The largest absolute Gasteiger partial charge is 0.489 e. The number of nitrogens with one attached hydrogen (secondary N) is 3. The molecule has 0 bridgehead atoms. The summed E-state index contributed by atoms with van der Waals surface area (Å²) in [6, 6.07) is 20.4. The summed E-state index contributed by atoms with van der Waals surface area (Å²) in [5.41, 5.74) is 1.23. The summed E-state index contributed by atoms with van der Waals surface area (Å²) in [5.74, 6) is -1.18. The molecule has 182 valence electrons. The number of benzene rings is 3. The van der Waals surface area contributed by atoms with Crippen LogP contribution in [0.5, 0.6) is 5.75 Å². The van der Waals surface area contributed by atoms with Crippen molar-refractivity contribution in [3.8, 4) is 5.75 Å². The quantitative estimate of drug-likeness (QED) is 0.386. The average Bonchev–Trinajstić information content (AvgIpc) is 2.87. The van der Waals surface area contributed by atoms with Crippen molar-refractivity contribution in [2.24, 2.45) is 0 Å². The lowest BCUT2D eigenvalue weighted by atomic mass is 10.2. The molecule has 11 heteroatoms. The molecule has 0 aliphatic rings. The first-order chi connectivity index (χ1) is 16.8. The van der Waals surface area contributed by atoms with Gasteiger partial charge in [-0.2, -0.15) is 0 Å². The van der Waals surface area contributed by atoms with Crippen LogP contribution in [0.25, 0.3) is 0 Å². The van der Waals surface area contributed by atoms with Gasteiger partial charge >= 0.3 is 12.0 Å². The van der Waals surface area contributed by atoms with Gasteiger partial charge in [-0.05, 0) is 48.0 Å². The average molecular weight is 498 g/mol. The molecule has 0 aromatic heterocycles. The Labute approximate surface area is 202 Å². The van der Waals surface area contributed by atoms with Gasteiger partial charge in [0.05, 0.1) is 10.5 Å². The van der Waals surface area contributed by atoms with Gasteiger partial charge in [0.15, 0.2) is 6.61 Å². The number of esters is 1. The molecule has 10 nitrogen and oxygen atoms in total. The van der Waals surface area contributed by atoms with Crippen LogP contribution in [0.2, 0.25) is 0 Å². The predicted molar refractivity (Wildman–Crippen MR) is 127 cm³/mol. The van der Waals surface area contributed by atoms with Gasteiger partial charge in [-0.1, -0.05) is 36.4 Å². The number of amides is 3. The fourth-order valence-electron chi connectivity index (χ4n) is 2.80. The molecule has 0 heterocycles. The van der Waals surface area contributed by atoms with E-state index in [1.165, 1.54) is 25.2 Å². The first kappa shape index (κ1) is 25.2. The Balaban J connectivity index is 1.60. The number of hydrogen-bond acceptors (Lipinski definition) is 7. The lowest BCUT2D eigenvalue weighted by Crippen LogP contribution is -2.39. The van der Waals surface area contributed by atoms with Crippen LogP contribution < -0.4 is 20.1 Å². The smallest absolute Gasteiger partial charge is 0.338 e. The third kappa shape index (κ3) is 7.57. The van der Waals surface area contributed by atoms with Crippen LogP contribution in [0.3, 0.4) is 0 Å². The van der Waals surface area contributed by atoms with E-state index in [-0.39, 0.29) is 10.5 Å². The topological polar surface area (TPSA) is 140 Å². The van der Waals surface area contributed by atoms with Crippen molar-refractivity contribution in [1.82, 2.24) is 10.6 Å². The molecule has 3 rings (SSSR count). The fourth-order valence-corrected chi connectivity index (χ4v) is 3.91. The van der Waals surface area contributed by atoms with E-state index in [4.69, 9.17) is 9.47 Å². The molecular formula is C24H23N3O7S. The van der Waals surface area contributed by atoms with Crippen LogP contribution in [0.4, 0.5) is 10.5 Å². The zero-order chi connectivity index (χ0) is 25.3. The minimum absolute atomic E-state index is 0.0784. The maximum atomic E-state index is 12.8. The Morgan fingerprint density at radius 2 is 1.60 bits per heavy atom. The molecule has 0 saturated heterocycles. The van der Waals surface area contributed by atoms with Crippen LogP contribution in [0.1, 0.15) is 15.9 Å². The molecule has 3 amide bonds. The van der Waals surface area contributed by atoms with Crippen LogP contribution in [-0.2, 0) is 26.2 Å². The van der Waals surface area contributed by atoms with Gasteiger partial charge in [0.2, 0.25) is 0 Å². The zero-order valence-electron chi connectivity index (χ0n) is 18.7. The van der Waals surface area contributed by atoms with E-state index in [2.05, 4.69) is 10.0 Å². The van der Waals surface area contributed by atoms with Gasteiger partial charge in [0, 0.05) is 12.7 Å². The molecule has 0 radical (unpaired) electrons. The molecule has 3 N–H and O–H groups in total. The molecule has 0 aliphatic carbocycles. The van der Waals surface area contributed by atoms with Gasteiger partial charge in [-0.3, -0.25) is 14.8 Å². The maximum absolute atomic E-state index is 12.8. The highest BCUT2D eigenvalue weighted by Gasteiger charge is 2.18. The van der Waals surface area contributed by atoms with Gasteiger partial charge < -0.3 is 14.8 Å². The van der Waals surface area contributed by atoms with E-state index in [1.807, 2.05) is 35.6 Å². The molecule has 3 aromatic carbocycles. The molecule has 0 atom stereocenters. The van der Waals surface area contributed by atoms with E-state index in [9.17, 15) is 22.8 Å². The minimum Gasteiger partial charge on any atom is -0.489 e. The number of carbonyl (C=O) groups is 3. The Bertz CT molecular complexity index is 1290.